The van der Waals surface area contributed by atoms with Crippen molar-refractivity contribution >= 4 is 17.4 Å². The Labute approximate surface area is 167 Å². The van der Waals surface area contributed by atoms with Gasteiger partial charge in [-0.15, -0.1) is 0 Å². The van der Waals surface area contributed by atoms with E-state index in [1.54, 1.807) is 23.2 Å². The first-order valence-electron chi connectivity index (χ1n) is 9.67. The van der Waals surface area contributed by atoms with Crippen LogP contribution in [0.25, 0.3) is 0 Å². The topological polar surface area (TPSA) is 45.7 Å². The summed E-state index contributed by atoms with van der Waals surface area (Å²) in [4.78, 5) is 21.2. The van der Waals surface area contributed by atoms with Crippen LogP contribution in [0.2, 0.25) is 0 Å². The van der Waals surface area contributed by atoms with E-state index in [0.717, 1.165) is 12.1 Å². The van der Waals surface area contributed by atoms with E-state index >= 15 is 0 Å². The predicted octanol–water partition coefficient (Wildman–Crippen LogP) is 3.92. The van der Waals surface area contributed by atoms with Crippen molar-refractivity contribution in [3.63, 3.8) is 0 Å². The molecule has 1 aromatic heterocycles. The van der Waals surface area contributed by atoms with Crippen molar-refractivity contribution in [3.8, 4) is 0 Å². The summed E-state index contributed by atoms with van der Waals surface area (Å²) >= 11 is 0. The fourth-order valence-electron chi connectivity index (χ4n) is 3.89. The first-order valence-corrected chi connectivity index (χ1v) is 9.67. The maximum Gasteiger partial charge on any atom is 0.416 e. The van der Waals surface area contributed by atoms with E-state index in [4.69, 9.17) is 4.74 Å². The molecule has 2 aliphatic rings. The molecular formula is C21H22F3N3O2. The number of ether oxygens (including phenoxy) is 1. The molecular weight excluding hydrogens is 383 g/mol. The highest BCUT2D eigenvalue weighted by Crippen LogP contribution is 2.35. The molecule has 0 radical (unpaired) electrons. The number of carbonyl (C=O) groups is 1. The maximum absolute atomic E-state index is 13.2. The number of morpholine rings is 1. The van der Waals surface area contributed by atoms with E-state index in [2.05, 4.69) is 9.88 Å². The van der Waals surface area contributed by atoms with Gasteiger partial charge in [-0.05, 0) is 55.7 Å². The fraction of sp³-hybridized carbons (Fsp3) is 0.429. The monoisotopic (exact) mass is 405 g/mol. The van der Waals surface area contributed by atoms with Crippen LogP contribution in [0.1, 0.15) is 34.8 Å². The van der Waals surface area contributed by atoms with Crippen LogP contribution in [0, 0.1) is 0 Å². The molecule has 4 rings (SSSR count). The lowest BCUT2D eigenvalue weighted by Gasteiger charge is -2.33. The smallest absolute Gasteiger partial charge is 0.375 e. The minimum absolute atomic E-state index is 0.0849. The van der Waals surface area contributed by atoms with Gasteiger partial charge in [-0.3, -0.25) is 4.79 Å². The zero-order chi connectivity index (χ0) is 20.6. The number of carbonyl (C=O) groups excluding carboxylic acids is 1. The minimum Gasteiger partial charge on any atom is -0.375 e. The summed E-state index contributed by atoms with van der Waals surface area (Å²) in [5.74, 6) is 0.478. The van der Waals surface area contributed by atoms with Gasteiger partial charge in [0.1, 0.15) is 5.82 Å². The summed E-state index contributed by atoms with van der Waals surface area (Å²) in [6.45, 7) is 4.45. The Hall–Kier alpha value is -2.61. The molecule has 3 heterocycles. The maximum atomic E-state index is 13.2. The van der Waals surface area contributed by atoms with Crippen LogP contribution in [-0.4, -0.2) is 43.2 Å². The second-order valence-corrected chi connectivity index (χ2v) is 7.43. The lowest BCUT2D eigenvalue weighted by Crippen LogP contribution is -2.41. The molecule has 154 valence electrons. The Kier molecular flexibility index (Phi) is 5.21. The van der Waals surface area contributed by atoms with Crippen molar-refractivity contribution in [1.29, 1.82) is 0 Å². The first-order chi connectivity index (χ1) is 13.8. The number of halogens is 3. The number of hydrogen-bond donors (Lipinski definition) is 0. The molecule has 0 spiro atoms. The molecule has 1 unspecified atom stereocenters. The number of amides is 1. The van der Waals surface area contributed by atoms with Gasteiger partial charge >= 0.3 is 6.18 Å². The number of pyridine rings is 1. The average molecular weight is 405 g/mol. The Morgan fingerprint density at radius 2 is 2.03 bits per heavy atom. The van der Waals surface area contributed by atoms with Crippen LogP contribution in [0.3, 0.4) is 0 Å². The highest BCUT2D eigenvalue weighted by atomic mass is 19.4. The molecule has 8 heteroatoms. The van der Waals surface area contributed by atoms with Crippen LogP contribution < -0.4 is 9.80 Å². The first kappa shape index (κ1) is 19.7. The number of hydrogen-bond acceptors (Lipinski definition) is 4. The number of alkyl halides is 3. The van der Waals surface area contributed by atoms with E-state index in [0.29, 0.717) is 61.7 Å². The van der Waals surface area contributed by atoms with E-state index in [-0.39, 0.29) is 12.0 Å². The Morgan fingerprint density at radius 1 is 1.21 bits per heavy atom. The number of aryl methyl sites for hydroxylation is 1. The lowest BCUT2D eigenvalue weighted by atomic mass is 9.98. The van der Waals surface area contributed by atoms with Crippen LogP contribution in [0.15, 0.2) is 36.5 Å². The van der Waals surface area contributed by atoms with Crippen molar-refractivity contribution in [3.05, 3.63) is 53.2 Å². The summed E-state index contributed by atoms with van der Waals surface area (Å²) in [5, 5.41) is 0. The Bertz CT molecular complexity index is 916. The molecule has 0 saturated carbocycles. The third-order valence-corrected chi connectivity index (χ3v) is 5.33. The van der Waals surface area contributed by atoms with Crippen molar-refractivity contribution in [2.45, 2.75) is 32.0 Å². The molecule has 1 atom stereocenters. The number of rotatable bonds is 2. The van der Waals surface area contributed by atoms with Crippen LogP contribution >= 0.6 is 0 Å². The van der Waals surface area contributed by atoms with Gasteiger partial charge in [-0.25, -0.2) is 4.98 Å². The second-order valence-electron chi connectivity index (χ2n) is 7.43. The zero-order valence-electron chi connectivity index (χ0n) is 16.1. The second kappa shape index (κ2) is 7.67. The molecule has 0 aliphatic carbocycles. The molecule has 2 aromatic rings. The Balaban J connectivity index is 1.60. The van der Waals surface area contributed by atoms with E-state index in [1.807, 2.05) is 6.92 Å². The predicted molar refractivity (Wildman–Crippen MR) is 103 cm³/mol. The molecule has 0 bridgehead atoms. The molecule has 1 saturated heterocycles. The summed E-state index contributed by atoms with van der Waals surface area (Å²) < 4.78 is 44.6. The summed E-state index contributed by atoms with van der Waals surface area (Å²) in [5.41, 5.74) is 0.892. The lowest BCUT2D eigenvalue weighted by molar-refractivity contribution is -0.137. The summed E-state index contributed by atoms with van der Waals surface area (Å²) in [6, 6.07) is 6.99. The number of nitrogens with zero attached hydrogens (tertiary/aromatic N) is 3. The van der Waals surface area contributed by atoms with Gasteiger partial charge in [-0.2, -0.15) is 13.2 Å². The molecule has 5 nitrogen and oxygen atoms in total. The largest absolute Gasteiger partial charge is 0.416 e. The molecule has 1 amide bonds. The molecule has 29 heavy (non-hydrogen) atoms. The van der Waals surface area contributed by atoms with Gasteiger partial charge in [0.15, 0.2) is 0 Å². The molecule has 1 fully saturated rings. The summed E-state index contributed by atoms with van der Waals surface area (Å²) in [7, 11) is 0. The van der Waals surface area contributed by atoms with Gasteiger partial charge in [0.2, 0.25) is 0 Å². The van der Waals surface area contributed by atoms with Gasteiger partial charge in [0, 0.05) is 37.1 Å². The number of benzene rings is 1. The molecule has 1 aromatic carbocycles. The standard InChI is InChI=1S/C21H22F3N3O2/c1-14-13-26(9-10-29-14)19-12-16(6-7-25-19)20(28)27-8-2-3-15-11-17(21(22,23)24)4-5-18(15)27/h4-7,11-12,14H,2-3,8-10,13H2,1H3. The number of anilines is 2. The quantitative estimate of drug-likeness (QED) is 0.760. The highest BCUT2D eigenvalue weighted by Gasteiger charge is 2.33. The highest BCUT2D eigenvalue weighted by molar-refractivity contribution is 6.07. The minimum atomic E-state index is -4.39. The number of fused-ring (bicyclic) bond motifs is 1. The normalized spacial score (nSPS) is 19.8. The van der Waals surface area contributed by atoms with Gasteiger partial charge in [-0.1, -0.05) is 0 Å². The fourth-order valence-corrected chi connectivity index (χ4v) is 3.89. The average Bonchev–Trinajstić information content (AvgIpc) is 2.72. The zero-order valence-corrected chi connectivity index (χ0v) is 16.1. The van der Waals surface area contributed by atoms with Crippen molar-refractivity contribution < 1.29 is 22.7 Å². The van der Waals surface area contributed by atoms with Crippen molar-refractivity contribution in [2.75, 3.05) is 36.0 Å². The third-order valence-electron chi connectivity index (χ3n) is 5.33. The summed E-state index contributed by atoms with van der Waals surface area (Å²) in [6.07, 6.45) is -1.56. The van der Waals surface area contributed by atoms with E-state index in [9.17, 15) is 18.0 Å². The van der Waals surface area contributed by atoms with E-state index in [1.165, 1.54) is 6.07 Å². The number of aromatic nitrogens is 1. The molecule has 0 N–H and O–H groups in total. The van der Waals surface area contributed by atoms with Crippen LogP contribution in [0.4, 0.5) is 24.7 Å². The van der Waals surface area contributed by atoms with Crippen LogP contribution in [-0.2, 0) is 17.3 Å². The van der Waals surface area contributed by atoms with E-state index < -0.39 is 11.7 Å². The molecule has 2 aliphatic heterocycles. The van der Waals surface area contributed by atoms with Crippen molar-refractivity contribution in [1.82, 2.24) is 4.98 Å². The third kappa shape index (κ3) is 4.07. The van der Waals surface area contributed by atoms with Crippen molar-refractivity contribution in [2.24, 2.45) is 0 Å². The van der Waals surface area contributed by atoms with Gasteiger partial charge < -0.3 is 14.5 Å². The van der Waals surface area contributed by atoms with Crippen LogP contribution in [0.5, 0.6) is 0 Å². The van der Waals surface area contributed by atoms with Gasteiger partial charge in [0.25, 0.3) is 5.91 Å². The Morgan fingerprint density at radius 3 is 2.79 bits per heavy atom. The van der Waals surface area contributed by atoms with Gasteiger partial charge in [0.05, 0.1) is 18.3 Å². The SMILES string of the molecule is CC1CN(c2cc(C(=O)N3CCCc4cc(C(F)(F)F)ccc43)ccn2)CCO1.